The van der Waals surface area contributed by atoms with E-state index in [9.17, 15) is 9.59 Å². The van der Waals surface area contributed by atoms with Gasteiger partial charge >= 0.3 is 0 Å². The molecule has 24 heavy (non-hydrogen) atoms. The van der Waals surface area contributed by atoms with E-state index in [1.54, 1.807) is 0 Å². The highest BCUT2D eigenvalue weighted by Crippen LogP contribution is 2.25. The maximum absolute atomic E-state index is 11.9. The first kappa shape index (κ1) is 19.2. The smallest absolute Gasteiger partial charge is 0.239 e. The predicted molar refractivity (Wildman–Crippen MR) is 96.7 cm³/mol. The van der Waals surface area contributed by atoms with E-state index in [1.807, 2.05) is 0 Å². The number of carbonyl (C=O) groups excluding carboxylic acids is 2. The molecule has 2 amide bonds. The van der Waals surface area contributed by atoms with E-state index in [2.05, 4.69) is 16.0 Å². The van der Waals surface area contributed by atoms with E-state index in [4.69, 9.17) is 0 Å². The van der Waals surface area contributed by atoms with Crippen LogP contribution in [0.5, 0.6) is 0 Å². The summed E-state index contributed by atoms with van der Waals surface area (Å²) in [4.78, 5) is 23.7. The van der Waals surface area contributed by atoms with Gasteiger partial charge in [-0.2, -0.15) is 0 Å². The van der Waals surface area contributed by atoms with Crippen LogP contribution in [0.4, 0.5) is 0 Å². The zero-order chi connectivity index (χ0) is 17.0. The van der Waals surface area contributed by atoms with Gasteiger partial charge in [0.05, 0.1) is 6.54 Å². The Balaban J connectivity index is 1.47. The Morgan fingerprint density at radius 3 is 2.04 bits per heavy atom. The maximum atomic E-state index is 11.9. The lowest BCUT2D eigenvalue weighted by atomic mass is 9.87. The van der Waals surface area contributed by atoms with Crippen molar-refractivity contribution >= 4 is 11.8 Å². The van der Waals surface area contributed by atoms with Gasteiger partial charge in [0.25, 0.3) is 0 Å². The van der Waals surface area contributed by atoms with Gasteiger partial charge in [-0.05, 0) is 31.6 Å². The van der Waals surface area contributed by atoms with Crippen LogP contribution < -0.4 is 16.0 Å². The predicted octanol–water partition coefficient (Wildman–Crippen LogP) is 2.50. The second-order valence-electron chi connectivity index (χ2n) is 7.48. The van der Waals surface area contributed by atoms with Crippen molar-refractivity contribution in [2.75, 3.05) is 19.6 Å². The third-order valence-electron chi connectivity index (χ3n) is 5.38. The summed E-state index contributed by atoms with van der Waals surface area (Å²) in [6, 6.07) is 0.611. The lowest BCUT2D eigenvalue weighted by Gasteiger charge is -2.20. The van der Waals surface area contributed by atoms with Gasteiger partial charge in [0.15, 0.2) is 0 Å². The Hall–Kier alpha value is -1.10. The second-order valence-corrected chi connectivity index (χ2v) is 7.48. The first-order valence-electron chi connectivity index (χ1n) is 10.0. The fourth-order valence-corrected chi connectivity index (χ4v) is 3.93. The minimum atomic E-state index is -0.0883. The van der Waals surface area contributed by atoms with Crippen LogP contribution in [0, 0.1) is 5.92 Å². The molecule has 2 rings (SSSR count). The van der Waals surface area contributed by atoms with Crippen molar-refractivity contribution in [3.05, 3.63) is 0 Å². The molecule has 0 saturated heterocycles. The SMILES string of the molecule is O=C(CNC(=O)CC1CCCCC1)NCCNC1CCCCCC1. The van der Waals surface area contributed by atoms with Crippen LogP contribution in [0.15, 0.2) is 0 Å². The third-order valence-corrected chi connectivity index (χ3v) is 5.38. The van der Waals surface area contributed by atoms with Gasteiger partial charge in [0.1, 0.15) is 0 Å². The van der Waals surface area contributed by atoms with Gasteiger partial charge in [-0.1, -0.05) is 44.9 Å². The molecule has 138 valence electrons. The number of rotatable bonds is 8. The molecule has 2 aliphatic carbocycles. The number of nitrogens with one attached hydrogen (secondary N) is 3. The minimum absolute atomic E-state index is 0.0219. The zero-order valence-electron chi connectivity index (χ0n) is 15.1. The van der Waals surface area contributed by atoms with E-state index in [-0.39, 0.29) is 18.4 Å². The standard InChI is InChI=1S/C19H35N3O2/c23-18(14-16-8-4-3-5-9-16)22-15-19(24)21-13-12-20-17-10-6-1-2-7-11-17/h16-17,20H,1-15H2,(H,21,24)(H,22,23). The van der Waals surface area contributed by atoms with Gasteiger partial charge in [0, 0.05) is 25.6 Å². The number of amides is 2. The molecule has 0 aromatic heterocycles. The van der Waals surface area contributed by atoms with Crippen molar-refractivity contribution in [1.29, 1.82) is 0 Å². The fourth-order valence-electron chi connectivity index (χ4n) is 3.93. The molecule has 0 aliphatic heterocycles. The van der Waals surface area contributed by atoms with Crippen LogP contribution in [0.2, 0.25) is 0 Å². The number of hydrogen-bond donors (Lipinski definition) is 3. The average Bonchev–Trinajstić information content (AvgIpc) is 2.87. The largest absolute Gasteiger partial charge is 0.353 e. The number of hydrogen-bond acceptors (Lipinski definition) is 3. The molecule has 2 fully saturated rings. The quantitative estimate of drug-likeness (QED) is 0.471. The van der Waals surface area contributed by atoms with Crippen LogP contribution >= 0.6 is 0 Å². The summed E-state index contributed by atoms with van der Waals surface area (Å²) in [6.45, 7) is 1.55. The highest BCUT2D eigenvalue weighted by Gasteiger charge is 2.17. The second kappa shape index (κ2) is 11.5. The van der Waals surface area contributed by atoms with Crippen molar-refractivity contribution in [1.82, 2.24) is 16.0 Å². The molecule has 0 aromatic rings. The summed E-state index contributed by atoms with van der Waals surface area (Å²) < 4.78 is 0. The van der Waals surface area contributed by atoms with Crippen molar-refractivity contribution in [3.8, 4) is 0 Å². The Labute approximate surface area is 146 Å². The topological polar surface area (TPSA) is 70.2 Å². The first-order valence-corrected chi connectivity index (χ1v) is 10.0. The highest BCUT2D eigenvalue weighted by atomic mass is 16.2. The Morgan fingerprint density at radius 1 is 0.708 bits per heavy atom. The molecule has 2 aliphatic rings. The zero-order valence-corrected chi connectivity index (χ0v) is 15.1. The molecule has 0 heterocycles. The lowest BCUT2D eigenvalue weighted by molar-refractivity contribution is -0.126. The molecule has 2 saturated carbocycles. The van der Waals surface area contributed by atoms with E-state index < -0.39 is 0 Å². The van der Waals surface area contributed by atoms with Gasteiger partial charge in [-0.15, -0.1) is 0 Å². The molecule has 5 nitrogen and oxygen atoms in total. The molecular formula is C19H35N3O2. The average molecular weight is 338 g/mol. The van der Waals surface area contributed by atoms with Crippen molar-refractivity contribution in [2.45, 2.75) is 83.1 Å². The first-order chi connectivity index (χ1) is 11.7. The Morgan fingerprint density at radius 2 is 1.33 bits per heavy atom. The molecule has 3 N–H and O–H groups in total. The van der Waals surface area contributed by atoms with Crippen LogP contribution in [0.3, 0.4) is 0 Å². The molecule has 0 unspecified atom stereocenters. The molecule has 0 radical (unpaired) electrons. The van der Waals surface area contributed by atoms with Gasteiger partial charge < -0.3 is 16.0 Å². The Bertz CT molecular complexity index is 373. The van der Waals surface area contributed by atoms with Gasteiger partial charge in [-0.25, -0.2) is 0 Å². The summed E-state index contributed by atoms with van der Waals surface area (Å²) in [5, 5.41) is 9.17. The highest BCUT2D eigenvalue weighted by molar-refractivity contribution is 5.84. The van der Waals surface area contributed by atoms with Crippen LogP contribution in [0.25, 0.3) is 0 Å². The molecule has 0 spiro atoms. The summed E-state index contributed by atoms with van der Waals surface area (Å²) in [6.07, 6.45) is 14.5. The molecule has 0 atom stereocenters. The normalized spacial score (nSPS) is 20.3. The maximum Gasteiger partial charge on any atom is 0.239 e. The summed E-state index contributed by atoms with van der Waals surface area (Å²) >= 11 is 0. The van der Waals surface area contributed by atoms with Crippen LogP contribution in [-0.2, 0) is 9.59 Å². The minimum Gasteiger partial charge on any atom is -0.353 e. The molecule has 0 aromatic carbocycles. The van der Waals surface area contributed by atoms with Crippen LogP contribution in [0.1, 0.15) is 77.0 Å². The third kappa shape index (κ3) is 8.13. The van der Waals surface area contributed by atoms with Gasteiger partial charge in [-0.3, -0.25) is 9.59 Å². The summed E-state index contributed by atoms with van der Waals surface area (Å²) in [7, 11) is 0. The lowest BCUT2D eigenvalue weighted by Crippen LogP contribution is -2.41. The summed E-state index contributed by atoms with van der Waals surface area (Å²) in [5.41, 5.74) is 0. The van der Waals surface area contributed by atoms with E-state index in [1.165, 1.54) is 57.8 Å². The van der Waals surface area contributed by atoms with Gasteiger partial charge in [0.2, 0.25) is 11.8 Å². The van der Waals surface area contributed by atoms with Crippen LogP contribution in [-0.4, -0.2) is 37.5 Å². The molecule has 0 bridgehead atoms. The fraction of sp³-hybridized carbons (Fsp3) is 0.895. The summed E-state index contributed by atoms with van der Waals surface area (Å²) in [5.74, 6) is 0.453. The Kier molecular flexibility index (Phi) is 9.18. The van der Waals surface area contributed by atoms with Crippen molar-refractivity contribution < 1.29 is 9.59 Å². The molecular weight excluding hydrogens is 302 g/mol. The van der Waals surface area contributed by atoms with E-state index in [0.29, 0.717) is 24.9 Å². The number of carbonyl (C=O) groups is 2. The van der Waals surface area contributed by atoms with Crippen molar-refractivity contribution in [2.24, 2.45) is 5.92 Å². The van der Waals surface area contributed by atoms with E-state index in [0.717, 1.165) is 19.4 Å². The monoisotopic (exact) mass is 337 g/mol. The van der Waals surface area contributed by atoms with E-state index >= 15 is 0 Å². The van der Waals surface area contributed by atoms with Crippen molar-refractivity contribution in [3.63, 3.8) is 0 Å². The molecule has 5 heteroatoms.